The maximum Gasteiger partial charge on any atom is 0.243 e. The Bertz CT molecular complexity index is 641. The van der Waals surface area contributed by atoms with Crippen LogP contribution in [0.25, 0.3) is 0 Å². The monoisotopic (exact) mass is 335 g/mol. The summed E-state index contributed by atoms with van der Waals surface area (Å²) in [4.78, 5) is 2.51. The SMILES string of the molecule is CC[C@H](C)c1ccc(S(=O)(=O)N2CCN(CCC#N)CC2)cc1. The van der Waals surface area contributed by atoms with Crippen molar-refractivity contribution in [1.29, 1.82) is 5.26 Å². The number of hydrogen-bond acceptors (Lipinski definition) is 4. The maximum atomic E-state index is 12.7. The summed E-state index contributed by atoms with van der Waals surface area (Å²) >= 11 is 0. The van der Waals surface area contributed by atoms with Crippen molar-refractivity contribution in [3.63, 3.8) is 0 Å². The van der Waals surface area contributed by atoms with Crippen molar-refractivity contribution in [1.82, 2.24) is 9.21 Å². The minimum Gasteiger partial charge on any atom is -0.300 e. The van der Waals surface area contributed by atoms with Crippen molar-refractivity contribution in [2.45, 2.75) is 37.5 Å². The number of hydrogen-bond donors (Lipinski definition) is 0. The van der Waals surface area contributed by atoms with E-state index in [0.29, 0.717) is 50.0 Å². The first-order chi connectivity index (χ1) is 11.0. The van der Waals surface area contributed by atoms with Crippen LogP contribution in [0.1, 0.15) is 38.2 Å². The van der Waals surface area contributed by atoms with Crippen molar-refractivity contribution in [3.05, 3.63) is 29.8 Å². The average Bonchev–Trinajstić information content (AvgIpc) is 2.59. The normalized spacial score (nSPS) is 18.5. The van der Waals surface area contributed by atoms with Gasteiger partial charge in [0.25, 0.3) is 0 Å². The van der Waals surface area contributed by atoms with Gasteiger partial charge in [0.05, 0.1) is 11.0 Å². The Morgan fingerprint density at radius 3 is 2.30 bits per heavy atom. The van der Waals surface area contributed by atoms with E-state index in [1.165, 1.54) is 5.56 Å². The van der Waals surface area contributed by atoms with E-state index in [2.05, 4.69) is 24.8 Å². The minimum atomic E-state index is -3.41. The molecule has 6 heteroatoms. The van der Waals surface area contributed by atoms with E-state index in [0.717, 1.165) is 6.42 Å². The van der Waals surface area contributed by atoms with Crippen molar-refractivity contribution >= 4 is 10.0 Å². The number of piperazine rings is 1. The zero-order chi connectivity index (χ0) is 16.9. The Labute approximate surface area is 139 Å². The zero-order valence-corrected chi connectivity index (χ0v) is 14.7. The Morgan fingerprint density at radius 2 is 1.78 bits per heavy atom. The first-order valence-electron chi connectivity index (χ1n) is 8.18. The molecule has 1 aromatic carbocycles. The molecule has 0 aromatic heterocycles. The second-order valence-corrected chi connectivity index (χ2v) is 7.97. The fraction of sp³-hybridized carbons (Fsp3) is 0.588. The minimum absolute atomic E-state index is 0.370. The number of benzene rings is 1. The number of rotatable bonds is 6. The number of nitrogens with zero attached hydrogens (tertiary/aromatic N) is 3. The van der Waals surface area contributed by atoms with Crippen LogP contribution >= 0.6 is 0 Å². The molecule has 0 unspecified atom stereocenters. The molecule has 2 rings (SSSR count). The largest absolute Gasteiger partial charge is 0.300 e. The van der Waals surface area contributed by atoms with E-state index in [-0.39, 0.29) is 0 Å². The van der Waals surface area contributed by atoms with E-state index in [4.69, 9.17) is 5.26 Å². The summed E-state index contributed by atoms with van der Waals surface area (Å²) in [5, 5.41) is 8.62. The molecule has 0 radical (unpaired) electrons. The van der Waals surface area contributed by atoms with Crippen molar-refractivity contribution in [2.24, 2.45) is 0 Å². The lowest BCUT2D eigenvalue weighted by molar-refractivity contribution is 0.191. The molecule has 1 aromatic rings. The van der Waals surface area contributed by atoms with Crippen LogP contribution in [0.4, 0.5) is 0 Å². The summed E-state index contributed by atoms with van der Waals surface area (Å²) in [7, 11) is -3.41. The summed E-state index contributed by atoms with van der Waals surface area (Å²) < 4.78 is 27.0. The third-order valence-electron chi connectivity index (χ3n) is 4.57. The molecule has 0 spiro atoms. The van der Waals surface area contributed by atoms with Crippen LogP contribution < -0.4 is 0 Å². The lowest BCUT2D eigenvalue weighted by atomic mass is 9.99. The van der Waals surface area contributed by atoms with Gasteiger partial charge in [0, 0.05) is 39.1 Å². The van der Waals surface area contributed by atoms with Gasteiger partial charge in [-0.1, -0.05) is 26.0 Å². The van der Waals surface area contributed by atoms with Gasteiger partial charge in [0.1, 0.15) is 0 Å². The van der Waals surface area contributed by atoms with Crippen LogP contribution in [-0.4, -0.2) is 50.3 Å². The molecule has 23 heavy (non-hydrogen) atoms. The molecule has 126 valence electrons. The van der Waals surface area contributed by atoms with Crippen LogP contribution in [0, 0.1) is 11.3 Å². The van der Waals surface area contributed by atoms with Crippen molar-refractivity contribution in [3.8, 4) is 6.07 Å². The Kier molecular flexibility index (Phi) is 6.17. The van der Waals surface area contributed by atoms with Gasteiger partial charge in [-0.25, -0.2) is 8.42 Å². The van der Waals surface area contributed by atoms with E-state index in [9.17, 15) is 8.42 Å². The molecule has 0 N–H and O–H groups in total. The Balaban J connectivity index is 2.03. The van der Waals surface area contributed by atoms with Gasteiger partial charge in [0.15, 0.2) is 0 Å². The molecule has 1 heterocycles. The predicted molar refractivity (Wildman–Crippen MR) is 90.6 cm³/mol. The smallest absolute Gasteiger partial charge is 0.243 e. The molecule has 0 bridgehead atoms. The van der Waals surface area contributed by atoms with Crippen molar-refractivity contribution in [2.75, 3.05) is 32.7 Å². The molecule has 1 aliphatic rings. The van der Waals surface area contributed by atoms with E-state index < -0.39 is 10.0 Å². The Morgan fingerprint density at radius 1 is 1.17 bits per heavy atom. The van der Waals surface area contributed by atoms with Crippen molar-refractivity contribution < 1.29 is 8.42 Å². The van der Waals surface area contributed by atoms with Crippen LogP contribution in [0.2, 0.25) is 0 Å². The molecule has 0 amide bonds. The highest BCUT2D eigenvalue weighted by atomic mass is 32.2. The lowest BCUT2D eigenvalue weighted by Gasteiger charge is -2.33. The molecule has 1 atom stereocenters. The fourth-order valence-corrected chi connectivity index (χ4v) is 4.18. The fourth-order valence-electron chi connectivity index (χ4n) is 2.75. The first kappa shape index (κ1) is 17.9. The van der Waals surface area contributed by atoms with Gasteiger partial charge in [-0.15, -0.1) is 0 Å². The van der Waals surface area contributed by atoms with Crippen LogP contribution in [0.5, 0.6) is 0 Å². The van der Waals surface area contributed by atoms with Crippen LogP contribution in [0.15, 0.2) is 29.2 Å². The molecule has 1 fully saturated rings. The topological polar surface area (TPSA) is 64.4 Å². The lowest BCUT2D eigenvalue weighted by Crippen LogP contribution is -2.48. The van der Waals surface area contributed by atoms with Gasteiger partial charge in [-0.05, 0) is 30.0 Å². The average molecular weight is 335 g/mol. The maximum absolute atomic E-state index is 12.7. The molecule has 0 aliphatic carbocycles. The third-order valence-corrected chi connectivity index (χ3v) is 6.48. The summed E-state index contributed by atoms with van der Waals surface area (Å²) in [5.74, 6) is 0.440. The molecule has 0 saturated carbocycles. The molecule has 1 saturated heterocycles. The quantitative estimate of drug-likeness (QED) is 0.801. The van der Waals surface area contributed by atoms with Gasteiger partial charge in [0.2, 0.25) is 10.0 Å². The van der Waals surface area contributed by atoms with E-state index in [1.807, 2.05) is 12.1 Å². The number of nitriles is 1. The molecule has 1 aliphatic heterocycles. The van der Waals surface area contributed by atoms with Gasteiger partial charge in [-0.3, -0.25) is 4.90 Å². The zero-order valence-electron chi connectivity index (χ0n) is 13.9. The third kappa shape index (κ3) is 4.31. The molecular weight excluding hydrogens is 310 g/mol. The number of sulfonamides is 1. The molecular formula is C17H25N3O2S. The second kappa shape index (κ2) is 7.91. The van der Waals surface area contributed by atoms with E-state index >= 15 is 0 Å². The standard InChI is InChI=1S/C17H25N3O2S/c1-3-15(2)16-5-7-17(8-6-16)23(21,22)20-13-11-19(12-14-20)10-4-9-18/h5-8,15H,3-4,10-14H2,1-2H3/t15-/m0/s1. The summed E-state index contributed by atoms with van der Waals surface area (Å²) in [6.07, 6.45) is 1.53. The first-order valence-corrected chi connectivity index (χ1v) is 9.62. The van der Waals surface area contributed by atoms with Crippen LogP contribution in [0.3, 0.4) is 0 Å². The highest BCUT2D eigenvalue weighted by Gasteiger charge is 2.28. The second-order valence-electron chi connectivity index (χ2n) is 6.03. The Hall–Kier alpha value is -1.42. The van der Waals surface area contributed by atoms with Crippen LogP contribution in [-0.2, 0) is 10.0 Å². The molecule has 5 nitrogen and oxygen atoms in total. The van der Waals surface area contributed by atoms with Gasteiger partial charge in [-0.2, -0.15) is 9.57 Å². The highest BCUT2D eigenvalue weighted by molar-refractivity contribution is 7.89. The summed E-state index contributed by atoms with van der Waals surface area (Å²) in [6, 6.07) is 9.41. The predicted octanol–water partition coefficient (Wildman–Crippen LogP) is 2.42. The summed E-state index contributed by atoms with van der Waals surface area (Å²) in [5.41, 5.74) is 1.17. The summed E-state index contributed by atoms with van der Waals surface area (Å²) in [6.45, 7) is 7.33. The van der Waals surface area contributed by atoms with E-state index in [1.54, 1.807) is 16.4 Å². The van der Waals surface area contributed by atoms with Gasteiger partial charge >= 0.3 is 0 Å². The highest BCUT2D eigenvalue weighted by Crippen LogP contribution is 2.23. The van der Waals surface area contributed by atoms with Gasteiger partial charge < -0.3 is 0 Å².